The topological polar surface area (TPSA) is 55.6 Å². The molecule has 1 fully saturated rings. The molecule has 1 aliphatic carbocycles. The van der Waals surface area contributed by atoms with E-state index in [4.69, 9.17) is 9.26 Å². The Balaban J connectivity index is 1.82. The van der Waals surface area contributed by atoms with E-state index >= 15 is 0 Å². The SMILES string of the molecule is CCN(CC)CC(C)OC(=O)C(c1noc2ccccc12)C1CCCCC1. The van der Waals surface area contributed by atoms with E-state index < -0.39 is 0 Å². The van der Waals surface area contributed by atoms with Crippen molar-refractivity contribution in [3.05, 3.63) is 30.0 Å². The van der Waals surface area contributed by atoms with Gasteiger partial charge in [0.15, 0.2) is 5.58 Å². The van der Waals surface area contributed by atoms with Crippen LogP contribution in [0.15, 0.2) is 28.8 Å². The number of esters is 1. The Morgan fingerprint density at radius 1 is 1.22 bits per heavy atom. The smallest absolute Gasteiger partial charge is 0.315 e. The molecule has 1 aliphatic rings. The van der Waals surface area contributed by atoms with Crippen LogP contribution < -0.4 is 0 Å². The van der Waals surface area contributed by atoms with Gasteiger partial charge >= 0.3 is 5.97 Å². The van der Waals surface area contributed by atoms with Crippen LogP contribution in [0.2, 0.25) is 0 Å². The summed E-state index contributed by atoms with van der Waals surface area (Å²) in [5.74, 6) is -0.214. The molecule has 27 heavy (non-hydrogen) atoms. The molecule has 0 bridgehead atoms. The first-order chi connectivity index (χ1) is 13.1. The van der Waals surface area contributed by atoms with Gasteiger partial charge in [-0.05, 0) is 50.9 Å². The van der Waals surface area contributed by atoms with E-state index in [1.165, 1.54) is 19.3 Å². The molecule has 5 heteroatoms. The third kappa shape index (κ3) is 4.70. The number of ether oxygens (including phenoxy) is 1. The van der Waals surface area contributed by atoms with E-state index in [1.54, 1.807) is 0 Å². The Morgan fingerprint density at radius 2 is 1.93 bits per heavy atom. The van der Waals surface area contributed by atoms with Gasteiger partial charge in [-0.1, -0.05) is 50.4 Å². The second-order valence-electron chi connectivity index (χ2n) is 7.67. The molecule has 1 aromatic heterocycles. The van der Waals surface area contributed by atoms with Gasteiger partial charge in [0.1, 0.15) is 17.7 Å². The van der Waals surface area contributed by atoms with Gasteiger partial charge in [0, 0.05) is 11.9 Å². The number of hydrogen-bond donors (Lipinski definition) is 0. The number of nitrogens with zero attached hydrogens (tertiary/aromatic N) is 2. The van der Waals surface area contributed by atoms with Crippen LogP contribution in [-0.2, 0) is 9.53 Å². The maximum absolute atomic E-state index is 13.2. The van der Waals surface area contributed by atoms with Gasteiger partial charge in [0.25, 0.3) is 0 Å². The number of likely N-dealkylation sites (N-methyl/N-ethyl adjacent to an activating group) is 1. The van der Waals surface area contributed by atoms with Crippen molar-refractivity contribution in [3.63, 3.8) is 0 Å². The van der Waals surface area contributed by atoms with E-state index in [0.29, 0.717) is 0 Å². The van der Waals surface area contributed by atoms with E-state index in [1.807, 2.05) is 31.2 Å². The fourth-order valence-electron chi connectivity index (χ4n) is 4.28. The number of aromatic nitrogens is 1. The monoisotopic (exact) mass is 372 g/mol. The van der Waals surface area contributed by atoms with Gasteiger partial charge in [0.05, 0.1) is 0 Å². The van der Waals surface area contributed by atoms with Crippen LogP contribution in [0.5, 0.6) is 0 Å². The zero-order valence-corrected chi connectivity index (χ0v) is 16.8. The summed E-state index contributed by atoms with van der Waals surface area (Å²) in [6.45, 7) is 8.91. The Hall–Kier alpha value is -1.88. The van der Waals surface area contributed by atoms with E-state index in [-0.39, 0.29) is 23.9 Å². The second kappa shape index (κ2) is 9.36. The van der Waals surface area contributed by atoms with Crippen LogP contribution >= 0.6 is 0 Å². The van der Waals surface area contributed by atoms with Crippen molar-refractivity contribution in [1.82, 2.24) is 10.1 Å². The van der Waals surface area contributed by atoms with Crippen molar-refractivity contribution < 1.29 is 14.1 Å². The van der Waals surface area contributed by atoms with Crippen molar-refractivity contribution >= 4 is 16.9 Å². The summed E-state index contributed by atoms with van der Waals surface area (Å²) in [7, 11) is 0. The Bertz CT molecular complexity index is 732. The summed E-state index contributed by atoms with van der Waals surface area (Å²) in [6, 6.07) is 7.79. The molecule has 0 spiro atoms. The first-order valence-corrected chi connectivity index (χ1v) is 10.4. The number of fused-ring (bicyclic) bond motifs is 1. The molecule has 0 N–H and O–H groups in total. The van der Waals surface area contributed by atoms with Crippen molar-refractivity contribution in [3.8, 4) is 0 Å². The Labute approximate surface area is 162 Å². The molecule has 5 nitrogen and oxygen atoms in total. The minimum Gasteiger partial charge on any atom is -0.461 e. The quantitative estimate of drug-likeness (QED) is 0.625. The van der Waals surface area contributed by atoms with Gasteiger partial charge in [-0.3, -0.25) is 4.79 Å². The lowest BCUT2D eigenvalue weighted by Gasteiger charge is -2.29. The minimum atomic E-state index is -0.340. The second-order valence-corrected chi connectivity index (χ2v) is 7.67. The lowest BCUT2D eigenvalue weighted by molar-refractivity contribution is -0.153. The molecule has 1 saturated carbocycles. The summed E-state index contributed by atoms with van der Waals surface area (Å²) in [5, 5.41) is 5.24. The standard InChI is InChI=1S/C22H32N2O3/c1-4-24(5-2)15-16(3)26-22(25)20(17-11-7-6-8-12-17)21-18-13-9-10-14-19(18)27-23-21/h9-10,13-14,16-17,20H,4-8,11-12,15H2,1-3H3. The minimum absolute atomic E-state index is 0.137. The van der Waals surface area contributed by atoms with Crippen LogP contribution in [0.4, 0.5) is 0 Å². The van der Waals surface area contributed by atoms with Crippen molar-refractivity contribution in [2.24, 2.45) is 5.92 Å². The number of para-hydroxylation sites is 1. The Morgan fingerprint density at radius 3 is 2.63 bits per heavy atom. The maximum Gasteiger partial charge on any atom is 0.315 e. The van der Waals surface area contributed by atoms with Gasteiger partial charge in [-0.2, -0.15) is 0 Å². The molecule has 0 radical (unpaired) electrons. The first kappa shape index (κ1) is 19.9. The molecule has 1 heterocycles. The van der Waals surface area contributed by atoms with Crippen LogP contribution in [0.3, 0.4) is 0 Å². The number of rotatable bonds is 8. The van der Waals surface area contributed by atoms with E-state index in [2.05, 4.69) is 23.9 Å². The lowest BCUT2D eigenvalue weighted by Crippen LogP contribution is -2.35. The highest BCUT2D eigenvalue weighted by Gasteiger charge is 2.36. The number of carbonyl (C=O) groups is 1. The normalized spacial score (nSPS) is 17.9. The van der Waals surface area contributed by atoms with Crippen LogP contribution in [0.1, 0.15) is 64.5 Å². The van der Waals surface area contributed by atoms with E-state index in [0.717, 1.165) is 49.1 Å². The predicted octanol–water partition coefficient (Wildman–Crippen LogP) is 4.77. The van der Waals surface area contributed by atoms with Crippen molar-refractivity contribution in [1.29, 1.82) is 0 Å². The van der Waals surface area contributed by atoms with E-state index in [9.17, 15) is 4.79 Å². The lowest BCUT2D eigenvalue weighted by atomic mass is 9.78. The zero-order valence-electron chi connectivity index (χ0n) is 16.8. The molecule has 2 unspecified atom stereocenters. The summed E-state index contributed by atoms with van der Waals surface area (Å²) in [4.78, 5) is 15.5. The highest BCUT2D eigenvalue weighted by molar-refractivity contribution is 5.87. The average molecular weight is 373 g/mol. The summed E-state index contributed by atoms with van der Waals surface area (Å²) in [5.41, 5.74) is 1.48. The fraction of sp³-hybridized carbons (Fsp3) is 0.636. The van der Waals surface area contributed by atoms with Gasteiger partial charge in [-0.15, -0.1) is 0 Å². The molecule has 0 amide bonds. The van der Waals surface area contributed by atoms with Gasteiger partial charge < -0.3 is 14.2 Å². The number of carbonyl (C=O) groups excluding carboxylic acids is 1. The molecule has 1 aromatic carbocycles. The molecular formula is C22H32N2O3. The van der Waals surface area contributed by atoms with Crippen molar-refractivity contribution in [2.45, 2.75) is 64.9 Å². The molecule has 0 saturated heterocycles. The average Bonchev–Trinajstić information content (AvgIpc) is 3.11. The molecule has 148 valence electrons. The largest absolute Gasteiger partial charge is 0.461 e. The fourth-order valence-corrected chi connectivity index (χ4v) is 4.28. The predicted molar refractivity (Wildman–Crippen MR) is 107 cm³/mol. The molecule has 2 atom stereocenters. The summed E-state index contributed by atoms with van der Waals surface area (Å²) in [6.07, 6.45) is 5.53. The third-order valence-electron chi connectivity index (χ3n) is 5.80. The van der Waals surface area contributed by atoms with Gasteiger partial charge in [0.2, 0.25) is 0 Å². The maximum atomic E-state index is 13.2. The summed E-state index contributed by atoms with van der Waals surface area (Å²) < 4.78 is 11.4. The van der Waals surface area contributed by atoms with Crippen LogP contribution in [-0.4, -0.2) is 41.8 Å². The first-order valence-electron chi connectivity index (χ1n) is 10.4. The van der Waals surface area contributed by atoms with Crippen molar-refractivity contribution in [2.75, 3.05) is 19.6 Å². The number of benzene rings is 1. The van der Waals surface area contributed by atoms with Crippen LogP contribution in [0.25, 0.3) is 11.0 Å². The third-order valence-corrected chi connectivity index (χ3v) is 5.80. The van der Waals surface area contributed by atoms with Gasteiger partial charge in [-0.25, -0.2) is 0 Å². The number of hydrogen-bond acceptors (Lipinski definition) is 5. The molecule has 2 aromatic rings. The highest BCUT2D eigenvalue weighted by Crippen LogP contribution is 2.39. The molecule has 0 aliphatic heterocycles. The highest BCUT2D eigenvalue weighted by atomic mass is 16.5. The molecular weight excluding hydrogens is 340 g/mol. The van der Waals surface area contributed by atoms with Crippen LogP contribution in [0, 0.1) is 5.92 Å². The summed E-state index contributed by atoms with van der Waals surface area (Å²) >= 11 is 0. The molecule has 3 rings (SSSR count). The Kier molecular flexibility index (Phi) is 6.89. The zero-order chi connectivity index (χ0) is 19.2.